The van der Waals surface area contributed by atoms with E-state index in [1.54, 1.807) is 12.1 Å². The van der Waals surface area contributed by atoms with Gasteiger partial charge in [0.15, 0.2) is 11.4 Å². The Morgan fingerprint density at radius 3 is 2.73 bits per heavy atom. The van der Waals surface area contributed by atoms with Crippen LogP contribution < -0.4 is 0 Å². The summed E-state index contributed by atoms with van der Waals surface area (Å²) in [6, 6.07) is 18.9. The molecule has 0 spiro atoms. The molecule has 4 heteroatoms. The second kappa shape index (κ2) is 4.93. The summed E-state index contributed by atoms with van der Waals surface area (Å²) in [6.07, 6.45) is 0. The number of H-pyrrole nitrogens is 1. The van der Waals surface area contributed by atoms with E-state index in [0.29, 0.717) is 21.5 Å². The molecule has 4 rings (SSSR count). The maximum absolute atomic E-state index is 12.8. The van der Waals surface area contributed by atoms with Gasteiger partial charge in [-0.2, -0.15) is 0 Å². The molecule has 0 atom stereocenters. The van der Waals surface area contributed by atoms with E-state index in [2.05, 4.69) is 4.98 Å². The van der Waals surface area contributed by atoms with Crippen LogP contribution in [0.4, 0.5) is 0 Å². The summed E-state index contributed by atoms with van der Waals surface area (Å²) in [5, 5.41) is 2.00. The van der Waals surface area contributed by atoms with Crippen LogP contribution in [0.3, 0.4) is 0 Å². The highest BCUT2D eigenvalue weighted by Crippen LogP contribution is 2.23. The number of hydrogen-bond acceptors (Lipinski definition) is 3. The Bertz CT molecular complexity index is 1070. The predicted molar refractivity (Wildman–Crippen MR) is 88.8 cm³/mol. The zero-order valence-electron chi connectivity index (χ0n) is 11.5. The lowest BCUT2D eigenvalue weighted by atomic mass is 9.97. The molecule has 0 unspecified atom stereocenters. The number of nitrogens with one attached hydrogen (secondary N) is 1. The van der Waals surface area contributed by atoms with Crippen LogP contribution in [0.5, 0.6) is 0 Å². The van der Waals surface area contributed by atoms with Crippen molar-refractivity contribution in [2.24, 2.45) is 0 Å². The molecule has 1 aromatic heterocycles. The van der Waals surface area contributed by atoms with E-state index in [9.17, 15) is 4.79 Å². The summed E-state index contributed by atoms with van der Waals surface area (Å²) in [6.45, 7) is 0. The third-order valence-electron chi connectivity index (χ3n) is 3.72. The Kier molecular flexibility index (Phi) is 2.91. The second-order valence-corrected chi connectivity index (χ2v) is 5.45. The van der Waals surface area contributed by atoms with E-state index in [-0.39, 0.29) is 5.78 Å². The summed E-state index contributed by atoms with van der Waals surface area (Å²) >= 11 is 4.97. The second-order valence-electron chi connectivity index (χ2n) is 5.08. The standard InChI is InChI=1S/C18H11NO2S/c20-17(12-8-9-15-16(10-12)21-18(22)19-15)14-7-3-5-11-4-1-2-6-13(11)14/h1-10H,(H,19,22). The third-order valence-corrected chi connectivity index (χ3v) is 3.90. The molecular formula is C18H11NO2S. The SMILES string of the molecule is O=C(c1ccc2[nH]c(=S)oc2c1)c1cccc2ccccc12. The molecule has 1 heterocycles. The highest BCUT2D eigenvalue weighted by Gasteiger charge is 2.13. The Morgan fingerprint density at radius 2 is 1.82 bits per heavy atom. The minimum absolute atomic E-state index is 0.0268. The molecule has 0 fully saturated rings. The van der Waals surface area contributed by atoms with Crippen LogP contribution in [0.2, 0.25) is 0 Å². The first-order valence-corrected chi connectivity index (χ1v) is 7.28. The van der Waals surface area contributed by atoms with E-state index in [0.717, 1.165) is 16.3 Å². The van der Waals surface area contributed by atoms with Gasteiger partial charge in [0.25, 0.3) is 4.84 Å². The van der Waals surface area contributed by atoms with E-state index in [1.807, 2.05) is 48.5 Å². The third kappa shape index (κ3) is 2.05. The number of carbonyl (C=O) groups excluding carboxylic acids is 1. The summed E-state index contributed by atoms with van der Waals surface area (Å²) in [5.41, 5.74) is 2.66. The fourth-order valence-electron chi connectivity index (χ4n) is 2.67. The lowest BCUT2D eigenvalue weighted by molar-refractivity contribution is 0.104. The van der Waals surface area contributed by atoms with Crippen molar-refractivity contribution in [1.82, 2.24) is 4.98 Å². The smallest absolute Gasteiger partial charge is 0.266 e. The summed E-state index contributed by atoms with van der Waals surface area (Å²) in [4.78, 5) is 16.1. The summed E-state index contributed by atoms with van der Waals surface area (Å²) < 4.78 is 5.39. The first kappa shape index (κ1) is 13.0. The zero-order valence-corrected chi connectivity index (χ0v) is 12.3. The van der Waals surface area contributed by atoms with Gasteiger partial charge in [0.2, 0.25) is 0 Å². The van der Waals surface area contributed by atoms with Crippen molar-refractivity contribution in [2.75, 3.05) is 0 Å². The number of fused-ring (bicyclic) bond motifs is 2. The highest BCUT2D eigenvalue weighted by atomic mass is 32.1. The van der Waals surface area contributed by atoms with Gasteiger partial charge in [-0.3, -0.25) is 4.79 Å². The van der Waals surface area contributed by atoms with Crippen LogP contribution in [0.1, 0.15) is 15.9 Å². The molecule has 0 aliphatic rings. The van der Waals surface area contributed by atoms with Crippen LogP contribution in [0.15, 0.2) is 65.1 Å². The number of aromatic nitrogens is 1. The first-order chi connectivity index (χ1) is 10.7. The number of carbonyl (C=O) groups is 1. The van der Waals surface area contributed by atoms with Gasteiger partial charge in [-0.05, 0) is 41.2 Å². The highest BCUT2D eigenvalue weighted by molar-refractivity contribution is 7.71. The van der Waals surface area contributed by atoms with Crippen molar-refractivity contribution in [3.63, 3.8) is 0 Å². The van der Waals surface area contributed by atoms with Crippen molar-refractivity contribution >= 4 is 39.9 Å². The number of benzene rings is 3. The minimum Gasteiger partial charge on any atom is -0.429 e. The molecule has 0 radical (unpaired) electrons. The molecule has 0 aliphatic carbocycles. The van der Waals surface area contributed by atoms with Gasteiger partial charge in [-0.25, -0.2) is 0 Å². The molecule has 0 bridgehead atoms. The summed E-state index contributed by atoms with van der Waals surface area (Å²) in [5.74, 6) is -0.0268. The molecule has 22 heavy (non-hydrogen) atoms. The first-order valence-electron chi connectivity index (χ1n) is 6.88. The number of ketones is 1. The number of oxazole rings is 1. The van der Waals surface area contributed by atoms with Crippen LogP contribution in [-0.4, -0.2) is 10.8 Å². The van der Waals surface area contributed by atoms with Crippen LogP contribution >= 0.6 is 12.2 Å². The normalized spacial score (nSPS) is 11.1. The number of hydrogen-bond donors (Lipinski definition) is 1. The van der Waals surface area contributed by atoms with E-state index in [1.165, 1.54) is 0 Å². The van der Waals surface area contributed by atoms with Gasteiger partial charge in [0.05, 0.1) is 5.52 Å². The van der Waals surface area contributed by atoms with E-state index < -0.39 is 0 Å². The predicted octanol–water partition coefficient (Wildman–Crippen LogP) is 4.87. The van der Waals surface area contributed by atoms with Crippen molar-refractivity contribution < 1.29 is 9.21 Å². The number of aromatic amines is 1. The van der Waals surface area contributed by atoms with Crippen molar-refractivity contribution in [3.05, 3.63) is 76.6 Å². The lowest BCUT2D eigenvalue weighted by Gasteiger charge is -2.05. The Morgan fingerprint density at radius 1 is 1.00 bits per heavy atom. The summed E-state index contributed by atoms with van der Waals surface area (Å²) in [7, 11) is 0. The van der Waals surface area contributed by atoms with Crippen molar-refractivity contribution in [2.45, 2.75) is 0 Å². The van der Waals surface area contributed by atoms with Gasteiger partial charge >= 0.3 is 0 Å². The Labute approximate surface area is 131 Å². The fourth-order valence-corrected chi connectivity index (χ4v) is 2.87. The average Bonchev–Trinajstić information content (AvgIpc) is 2.92. The molecule has 4 aromatic rings. The topological polar surface area (TPSA) is 46.0 Å². The van der Waals surface area contributed by atoms with Crippen molar-refractivity contribution in [1.29, 1.82) is 0 Å². The maximum Gasteiger partial charge on any atom is 0.266 e. The zero-order chi connectivity index (χ0) is 15.1. The monoisotopic (exact) mass is 305 g/mol. The fraction of sp³-hybridized carbons (Fsp3) is 0. The molecular weight excluding hydrogens is 294 g/mol. The van der Waals surface area contributed by atoms with Gasteiger partial charge < -0.3 is 9.40 Å². The lowest BCUT2D eigenvalue weighted by Crippen LogP contribution is -2.01. The molecule has 106 valence electrons. The largest absolute Gasteiger partial charge is 0.429 e. The maximum atomic E-state index is 12.8. The molecule has 1 N–H and O–H groups in total. The van der Waals surface area contributed by atoms with Gasteiger partial charge in [0.1, 0.15) is 0 Å². The molecule has 0 amide bonds. The van der Waals surface area contributed by atoms with Crippen LogP contribution in [-0.2, 0) is 0 Å². The van der Waals surface area contributed by atoms with Gasteiger partial charge in [-0.15, -0.1) is 0 Å². The molecule has 3 nitrogen and oxygen atoms in total. The molecule has 3 aromatic carbocycles. The quantitative estimate of drug-likeness (QED) is 0.424. The van der Waals surface area contributed by atoms with E-state index >= 15 is 0 Å². The Balaban J connectivity index is 1.89. The number of rotatable bonds is 2. The van der Waals surface area contributed by atoms with E-state index in [4.69, 9.17) is 16.6 Å². The average molecular weight is 305 g/mol. The minimum atomic E-state index is -0.0268. The molecule has 0 saturated heterocycles. The van der Waals surface area contributed by atoms with Crippen molar-refractivity contribution in [3.8, 4) is 0 Å². The van der Waals surface area contributed by atoms with Gasteiger partial charge in [0, 0.05) is 11.1 Å². The molecule has 0 saturated carbocycles. The molecule has 0 aliphatic heterocycles. The van der Waals surface area contributed by atoms with Gasteiger partial charge in [-0.1, -0.05) is 42.5 Å². The Hall–Kier alpha value is -2.72. The van der Waals surface area contributed by atoms with Crippen LogP contribution in [0, 0.1) is 4.84 Å². The van der Waals surface area contributed by atoms with Crippen LogP contribution in [0.25, 0.3) is 21.9 Å².